The Labute approximate surface area is 174 Å². The monoisotopic (exact) mass is 421 g/mol. The minimum atomic E-state index is -0.538. The fourth-order valence-electron chi connectivity index (χ4n) is 2.80. The Kier molecular flexibility index (Phi) is 8.98. The average molecular weight is 422 g/mol. The number of hydrogen-bond acceptors (Lipinski definition) is 6. The van der Waals surface area contributed by atoms with Crippen LogP contribution in [0.15, 0.2) is 24.3 Å². The predicted molar refractivity (Wildman–Crippen MR) is 112 cm³/mol. The van der Waals surface area contributed by atoms with Gasteiger partial charge in [0.25, 0.3) is 11.1 Å². The predicted octanol–water partition coefficient (Wildman–Crippen LogP) is 2.27. The van der Waals surface area contributed by atoms with Crippen LogP contribution in [-0.4, -0.2) is 71.4 Å². The van der Waals surface area contributed by atoms with E-state index in [4.69, 9.17) is 4.74 Å². The Bertz CT molecular complexity index is 755. The van der Waals surface area contributed by atoms with Crippen molar-refractivity contribution in [2.75, 3.05) is 43.9 Å². The Balaban J connectivity index is 1.78. The molecule has 1 N–H and O–H groups in total. The minimum Gasteiger partial charge on any atom is -0.456 e. The van der Waals surface area contributed by atoms with Gasteiger partial charge in [0.2, 0.25) is 5.91 Å². The van der Waals surface area contributed by atoms with Gasteiger partial charge in [-0.1, -0.05) is 36.9 Å². The van der Waals surface area contributed by atoms with Gasteiger partial charge < -0.3 is 19.9 Å². The molecule has 1 saturated heterocycles. The quantitative estimate of drug-likeness (QED) is 0.582. The van der Waals surface area contributed by atoms with Crippen molar-refractivity contribution < 1.29 is 23.9 Å². The van der Waals surface area contributed by atoms with Gasteiger partial charge in [0.1, 0.15) is 0 Å². The van der Waals surface area contributed by atoms with Crippen molar-refractivity contribution in [2.45, 2.75) is 26.7 Å². The number of ether oxygens (including phenoxy) is 1. The molecular formula is C20H27N3O5S. The molecule has 1 aromatic rings. The van der Waals surface area contributed by atoms with Crippen LogP contribution in [0.1, 0.15) is 25.3 Å². The summed E-state index contributed by atoms with van der Waals surface area (Å²) < 4.78 is 5.04. The Morgan fingerprint density at radius 2 is 2.03 bits per heavy atom. The topological polar surface area (TPSA) is 96.0 Å². The van der Waals surface area contributed by atoms with E-state index < -0.39 is 18.5 Å². The van der Waals surface area contributed by atoms with Crippen LogP contribution in [-0.2, 0) is 19.1 Å². The molecule has 158 valence electrons. The van der Waals surface area contributed by atoms with Crippen molar-refractivity contribution in [1.29, 1.82) is 0 Å². The smallest absolute Gasteiger partial charge is 0.308 e. The molecule has 29 heavy (non-hydrogen) atoms. The second-order valence-electron chi connectivity index (χ2n) is 6.69. The number of rotatable bonds is 10. The number of hydrogen-bond donors (Lipinski definition) is 1. The number of aryl methyl sites for hydroxylation is 1. The van der Waals surface area contributed by atoms with Gasteiger partial charge in [-0.3, -0.25) is 19.2 Å². The van der Waals surface area contributed by atoms with Gasteiger partial charge >= 0.3 is 5.97 Å². The number of nitrogens with one attached hydrogen (secondary N) is 1. The first kappa shape index (κ1) is 22.7. The van der Waals surface area contributed by atoms with Gasteiger partial charge in [0, 0.05) is 31.1 Å². The number of nitrogens with zero attached hydrogens (tertiary/aromatic N) is 2. The van der Waals surface area contributed by atoms with E-state index in [2.05, 4.69) is 5.32 Å². The minimum absolute atomic E-state index is 0.0392. The van der Waals surface area contributed by atoms with E-state index >= 15 is 0 Å². The molecule has 1 aliphatic rings. The van der Waals surface area contributed by atoms with Crippen LogP contribution in [0.3, 0.4) is 0 Å². The summed E-state index contributed by atoms with van der Waals surface area (Å²) >= 11 is 1.23. The van der Waals surface area contributed by atoms with Crippen LogP contribution in [0, 0.1) is 6.92 Å². The third-order valence-corrected chi connectivity index (χ3v) is 5.28. The fraction of sp³-hybridized carbons (Fsp3) is 0.500. The summed E-state index contributed by atoms with van der Waals surface area (Å²) in [6.07, 6.45) is 0.715. The Hall–Kier alpha value is -2.55. The van der Waals surface area contributed by atoms with Crippen LogP contribution >= 0.6 is 11.8 Å². The molecular weight excluding hydrogens is 394 g/mol. The van der Waals surface area contributed by atoms with E-state index in [1.165, 1.54) is 16.7 Å². The van der Waals surface area contributed by atoms with E-state index in [-0.39, 0.29) is 30.7 Å². The van der Waals surface area contributed by atoms with Crippen LogP contribution < -0.4 is 5.32 Å². The largest absolute Gasteiger partial charge is 0.456 e. The van der Waals surface area contributed by atoms with Crippen LogP contribution in [0.5, 0.6) is 0 Å². The first-order chi connectivity index (χ1) is 13.9. The zero-order valence-electron chi connectivity index (χ0n) is 16.8. The Morgan fingerprint density at radius 3 is 2.69 bits per heavy atom. The molecule has 1 fully saturated rings. The zero-order chi connectivity index (χ0) is 21.2. The fourth-order valence-corrected chi connectivity index (χ4v) is 3.65. The van der Waals surface area contributed by atoms with Crippen LogP contribution in [0.2, 0.25) is 0 Å². The van der Waals surface area contributed by atoms with Crippen molar-refractivity contribution in [3.63, 3.8) is 0 Å². The number of para-hydroxylation sites is 1. The molecule has 1 heterocycles. The van der Waals surface area contributed by atoms with E-state index in [0.29, 0.717) is 25.2 Å². The SMILES string of the molecule is CCCN(CC(=O)Nc1ccccc1C)C(=O)COC(=O)CCN1CCSC1=O. The maximum Gasteiger partial charge on any atom is 0.308 e. The van der Waals surface area contributed by atoms with Crippen LogP contribution in [0.4, 0.5) is 10.5 Å². The summed E-state index contributed by atoms with van der Waals surface area (Å²) in [5, 5.41) is 2.76. The lowest BCUT2D eigenvalue weighted by Crippen LogP contribution is -2.41. The molecule has 0 spiro atoms. The number of anilines is 1. The van der Waals surface area contributed by atoms with Gasteiger partial charge in [-0.25, -0.2) is 0 Å². The molecule has 0 radical (unpaired) electrons. The molecule has 3 amide bonds. The molecule has 0 saturated carbocycles. The summed E-state index contributed by atoms with van der Waals surface area (Å²) in [6, 6.07) is 7.39. The van der Waals surface area contributed by atoms with Crippen molar-refractivity contribution >= 4 is 40.5 Å². The first-order valence-electron chi connectivity index (χ1n) is 9.61. The van der Waals surface area contributed by atoms with E-state index in [9.17, 15) is 19.2 Å². The third kappa shape index (κ3) is 7.41. The van der Waals surface area contributed by atoms with Gasteiger partial charge in [-0.2, -0.15) is 0 Å². The summed E-state index contributed by atoms with van der Waals surface area (Å²) in [6.45, 7) is 4.55. The molecule has 1 aromatic carbocycles. The molecule has 8 nitrogen and oxygen atoms in total. The number of carbonyl (C=O) groups excluding carboxylic acids is 4. The van der Waals surface area contributed by atoms with Gasteiger partial charge in [0.05, 0.1) is 13.0 Å². The number of carbonyl (C=O) groups is 4. The molecule has 2 rings (SSSR count). The number of amides is 3. The highest BCUT2D eigenvalue weighted by Gasteiger charge is 2.22. The van der Waals surface area contributed by atoms with E-state index in [1.54, 1.807) is 11.0 Å². The lowest BCUT2D eigenvalue weighted by Gasteiger charge is -2.22. The molecule has 0 unspecified atom stereocenters. The molecule has 0 atom stereocenters. The maximum absolute atomic E-state index is 12.4. The van der Waals surface area contributed by atoms with Gasteiger partial charge in [0.15, 0.2) is 6.61 Å². The van der Waals surface area contributed by atoms with E-state index in [0.717, 1.165) is 11.3 Å². The summed E-state index contributed by atoms with van der Waals surface area (Å²) in [4.78, 5) is 51.1. The highest BCUT2D eigenvalue weighted by molar-refractivity contribution is 8.13. The molecule has 0 aromatic heterocycles. The lowest BCUT2D eigenvalue weighted by atomic mass is 10.2. The second-order valence-corrected chi connectivity index (χ2v) is 7.74. The van der Waals surface area contributed by atoms with Crippen molar-refractivity contribution in [3.8, 4) is 0 Å². The standard InChI is InChI=1S/C20H27N3O5S/c1-3-9-23(13-17(24)21-16-7-5-4-6-15(16)2)18(25)14-28-19(26)8-10-22-11-12-29-20(22)27/h4-7H,3,8-14H2,1-2H3,(H,21,24). The van der Waals surface area contributed by atoms with Crippen molar-refractivity contribution in [1.82, 2.24) is 9.80 Å². The molecule has 1 aliphatic heterocycles. The molecule has 9 heteroatoms. The lowest BCUT2D eigenvalue weighted by molar-refractivity contribution is -0.152. The normalized spacial score (nSPS) is 13.3. The number of benzene rings is 1. The summed E-state index contributed by atoms with van der Waals surface area (Å²) in [5.74, 6) is -0.544. The van der Waals surface area contributed by atoms with Crippen molar-refractivity contribution in [2.24, 2.45) is 0 Å². The molecule has 0 bridgehead atoms. The average Bonchev–Trinajstić information content (AvgIpc) is 3.10. The zero-order valence-corrected chi connectivity index (χ0v) is 17.6. The first-order valence-corrected chi connectivity index (χ1v) is 10.6. The number of thioether (sulfide) groups is 1. The van der Waals surface area contributed by atoms with Gasteiger partial charge in [-0.15, -0.1) is 0 Å². The summed E-state index contributed by atoms with van der Waals surface area (Å²) in [7, 11) is 0. The van der Waals surface area contributed by atoms with E-state index in [1.807, 2.05) is 32.0 Å². The van der Waals surface area contributed by atoms with Crippen LogP contribution in [0.25, 0.3) is 0 Å². The van der Waals surface area contributed by atoms with Gasteiger partial charge in [-0.05, 0) is 25.0 Å². The Morgan fingerprint density at radius 1 is 1.28 bits per heavy atom. The number of esters is 1. The second kappa shape index (κ2) is 11.5. The highest BCUT2D eigenvalue weighted by Crippen LogP contribution is 2.17. The maximum atomic E-state index is 12.4. The third-order valence-electron chi connectivity index (χ3n) is 4.39. The highest BCUT2D eigenvalue weighted by atomic mass is 32.2. The molecule has 0 aliphatic carbocycles. The van der Waals surface area contributed by atoms with Crippen molar-refractivity contribution in [3.05, 3.63) is 29.8 Å². The summed E-state index contributed by atoms with van der Waals surface area (Å²) in [5.41, 5.74) is 1.63.